The number of benzene rings is 2. The molecule has 0 bridgehead atoms. The summed E-state index contributed by atoms with van der Waals surface area (Å²) in [4.78, 5) is 12.3. The van der Waals surface area contributed by atoms with E-state index in [-0.39, 0.29) is 29.7 Å². The molecule has 9 heteroatoms. The van der Waals surface area contributed by atoms with E-state index in [0.717, 1.165) is 11.3 Å². The number of rotatable bonds is 8. The maximum atomic E-state index is 12.3. The molecule has 7 nitrogen and oxygen atoms in total. The van der Waals surface area contributed by atoms with Crippen LogP contribution in [-0.2, 0) is 16.8 Å². The Labute approximate surface area is 197 Å². The molecule has 3 rings (SSSR count). The second kappa shape index (κ2) is 10.3. The number of thioether (sulfide) groups is 1. The molecule has 0 spiro atoms. The standard InChI is InChI=1S/C23H28ClN5O2S/c1-15(16-6-5-7-18(24)12-16)26-21(30)14-32-22-28-27-20(29(22)25)13-31-19-10-8-17(9-11-19)23(2,3)4/h5-12,15H,13-14,25H2,1-4H3,(H,26,30). The summed E-state index contributed by atoms with van der Waals surface area (Å²) in [6.07, 6.45) is 0. The Morgan fingerprint density at radius 1 is 1.22 bits per heavy atom. The van der Waals surface area contributed by atoms with Gasteiger partial charge in [-0.2, -0.15) is 0 Å². The van der Waals surface area contributed by atoms with E-state index in [9.17, 15) is 4.79 Å². The van der Waals surface area contributed by atoms with Gasteiger partial charge in [-0.05, 0) is 47.7 Å². The van der Waals surface area contributed by atoms with Crippen LogP contribution in [-0.4, -0.2) is 26.5 Å². The van der Waals surface area contributed by atoms with Crippen LogP contribution in [0.3, 0.4) is 0 Å². The van der Waals surface area contributed by atoms with Gasteiger partial charge in [-0.1, -0.05) is 68.4 Å². The van der Waals surface area contributed by atoms with Crippen LogP contribution < -0.4 is 15.9 Å². The third-order valence-electron chi connectivity index (χ3n) is 4.88. The summed E-state index contributed by atoms with van der Waals surface area (Å²) in [6.45, 7) is 8.57. The first-order chi connectivity index (χ1) is 15.1. The van der Waals surface area contributed by atoms with Crippen molar-refractivity contribution in [3.63, 3.8) is 0 Å². The third-order valence-corrected chi connectivity index (χ3v) is 6.06. The molecule has 1 amide bonds. The lowest BCUT2D eigenvalue weighted by Gasteiger charge is -2.19. The summed E-state index contributed by atoms with van der Waals surface area (Å²) in [7, 11) is 0. The van der Waals surface area contributed by atoms with E-state index in [2.05, 4.69) is 36.3 Å². The molecule has 3 N–H and O–H groups in total. The number of nitrogens with two attached hydrogens (primary N) is 1. The second-order valence-corrected chi connectivity index (χ2v) is 9.84. The Bertz CT molecular complexity index is 1060. The molecule has 170 valence electrons. The van der Waals surface area contributed by atoms with Crippen molar-refractivity contribution in [1.82, 2.24) is 20.2 Å². The Kier molecular flexibility index (Phi) is 7.69. The lowest BCUT2D eigenvalue weighted by molar-refractivity contribution is -0.119. The van der Waals surface area contributed by atoms with Crippen LogP contribution in [0.1, 0.15) is 50.7 Å². The van der Waals surface area contributed by atoms with Crippen LogP contribution in [0.15, 0.2) is 53.7 Å². The first-order valence-electron chi connectivity index (χ1n) is 10.2. The van der Waals surface area contributed by atoms with Gasteiger partial charge in [0.05, 0.1) is 11.8 Å². The van der Waals surface area contributed by atoms with Crippen LogP contribution in [0.4, 0.5) is 0 Å². The second-order valence-electron chi connectivity index (χ2n) is 8.46. The molecule has 0 aliphatic heterocycles. The minimum absolute atomic E-state index is 0.0836. The normalized spacial score (nSPS) is 12.4. The smallest absolute Gasteiger partial charge is 0.230 e. The molecule has 1 heterocycles. The number of hydrogen-bond acceptors (Lipinski definition) is 6. The number of amides is 1. The molecule has 1 unspecified atom stereocenters. The van der Waals surface area contributed by atoms with Crippen LogP contribution in [0.25, 0.3) is 0 Å². The predicted molar refractivity (Wildman–Crippen MR) is 128 cm³/mol. The third kappa shape index (κ3) is 6.40. The number of carbonyl (C=O) groups excluding carboxylic acids is 1. The van der Waals surface area contributed by atoms with Gasteiger partial charge in [-0.25, -0.2) is 4.68 Å². The molecule has 0 radical (unpaired) electrons. The van der Waals surface area contributed by atoms with E-state index in [4.69, 9.17) is 22.2 Å². The fourth-order valence-corrected chi connectivity index (χ4v) is 3.86. The highest BCUT2D eigenvalue weighted by atomic mass is 35.5. The molecule has 0 saturated carbocycles. The van der Waals surface area contributed by atoms with Gasteiger partial charge in [0.1, 0.15) is 12.4 Å². The summed E-state index contributed by atoms with van der Waals surface area (Å²) in [5.41, 5.74) is 2.25. The molecule has 0 aliphatic carbocycles. The summed E-state index contributed by atoms with van der Waals surface area (Å²) >= 11 is 7.23. The van der Waals surface area contributed by atoms with Gasteiger partial charge in [0, 0.05) is 5.02 Å². The lowest BCUT2D eigenvalue weighted by atomic mass is 9.87. The number of hydrogen-bond donors (Lipinski definition) is 2. The molecule has 0 fully saturated rings. The SMILES string of the molecule is CC(NC(=O)CSc1nnc(COc2ccc(C(C)(C)C)cc2)n1N)c1cccc(Cl)c1. The van der Waals surface area contributed by atoms with E-state index in [0.29, 0.717) is 16.0 Å². The number of carbonyl (C=O) groups is 1. The van der Waals surface area contributed by atoms with Crippen molar-refractivity contribution in [2.75, 3.05) is 11.6 Å². The average molecular weight is 474 g/mol. The van der Waals surface area contributed by atoms with Crippen LogP contribution in [0.2, 0.25) is 5.02 Å². The Balaban J connectivity index is 1.50. The molecular formula is C23H28ClN5O2S. The van der Waals surface area contributed by atoms with Crippen molar-refractivity contribution in [3.05, 3.63) is 70.5 Å². The first kappa shape index (κ1) is 23.9. The summed E-state index contributed by atoms with van der Waals surface area (Å²) < 4.78 is 7.14. The van der Waals surface area contributed by atoms with Crippen molar-refractivity contribution in [2.24, 2.45) is 0 Å². The van der Waals surface area contributed by atoms with Gasteiger partial charge >= 0.3 is 0 Å². The maximum absolute atomic E-state index is 12.3. The minimum Gasteiger partial charge on any atom is -0.486 e. The number of halogens is 1. The number of nitrogen functional groups attached to an aromatic ring is 1. The zero-order valence-corrected chi connectivity index (χ0v) is 20.2. The summed E-state index contributed by atoms with van der Waals surface area (Å²) in [5.74, 6) is 7.31. The van der Waals surface area contributed by atoms with Crippen molar-refractivity contribution in [1.29, 1.82) is 0 Å². The van der Waals surface area contributed by atoms with Crippen LogP contribution in [0, 0.1) is 0 Å². The highest BCUT2D eigenvalue weighted by Gasteiger charge is 2.16. The lowest BCUT2D eigenvalue weighted by Crippen LogP contribution is -2.28. The van der Waals surface area contributed by atoms with E-state index >= 15 is 0 Å². The van der Waals surface area contributed by atoms with Gasteiger partial charge < -0.3 is 15.9 Å². The van der Waals surface area contributed by atoms with Gasteiger partial charge in [0.2, 0.25) is 11.1 Å². The highest BCUT2D eigenvalue weighted by molar-refractivity contribution is 7.99. The highest BCUT2D eigenvalue weighted by Crippen LogP contribution is 2.25. The molecule has 3 aromatic rings. The summed E-state index contributed by atoms with van der Waals surface area (Å²) in [5, 5.41) is 12.2. The van der Waals surface area contributed by atoms with E-state index in [1.54, 1.807) is 6.07 Å². The number of nitrogens with one attached hydrogen (secondary N) is 1. The van der Waals surface area contributed by atoms with Crippen LogP contribution >= 0.6 is 23.4 Å². The van der Waals surface area contributed by atoms with Crippen molar-refractivity contribution >= 4 is 29.3 Å². The van der Waals surface area contributed by atoms with E-state index in [1.807, 2.05) is 49.4 Å². The maximum Gasteiger partial charge on any atom is 0.230 e. The van der Waals surface area contributed by atoms with Crippen molar-refractivity contribution in [3.8, 4) is 5.75 Å². The van der Waals surface area contributed by atoms with Gasteiger partial charge in [0.25, 0.3) is 0 Å². The van der Waals surface area contributed by atoms with Gasteiger partial charge in [-0.15, -0.1) is 10.2 Å². The average Bonchev–Trinajstić information content (AvgIpc) is 3.10. The molecule has 32 heavy (non-hydrogen) atoms. The predicted octanol–water partition coefficient (Wildman–Crippen LogP) is 4.49. The number of nitrogens with zero attached hydrogens (tertiary/aromatic N) is 3. The number of ether oxygens (including phenoxy) is 1. The zero-order chi connectivity index (χ0) is 23.3. The minimum atomic E-state index is -0.161. The topological polar surface area (TPSA) is 95.1 Å². The molecular weight excluding hydrogens is 446 g/mol. The molecule has 0 saturated heterocycles. The van der Waals surface area contributed by atoms with Crippen molar-refractivity contribution < 1.29 is 9.53 Å². The first-order valence-corrected chi connectivity index (χ1v) is 11.6. The number of aromatic nitrogens is 3. The van der Waals surface area contributed by atoms with Gasteiger partial charge in [-0.3, -0.25) is 4.79 Å². The molecule has 1 aromatic heterocycles. The van der Waals surface area contributed by atoms with E-state index < -0.39 is 0 Å². The van der Waals surface area contributed by atoms with Crippen LogP contribution in [0.5, 0.6) is 5.75 Å². The Morgan fingerprint density at radius 2 is 1.94 bits per heavy atom. The fourth-order valence-electron chi connectivity index (χ4n) is 2.98. The molecule has 2 aromatic carbocycles. The van der Waals surface area contributed by atoms with E-state index in [1.165, 1.54) is 22.0 Å². The molecule has 1 atom stereocenters. The largest absolute Gasteiger partial charge is 0.486 e. The van der Waals surface area contributed by atoms with Crippen molar-refractivity contribution in [2.45, 2.75) is 50.9 Å². The Morgan fingerprint density at radius 3 is 2.59 bits per heavy atom. The Hall–Kier alpha value is -2.71. The zero-order valence-electron chi connectivity index (χ0n) is 18.6. The quantitative estimate of drug-likeness (QED) is 0.369. The fraction of sp³-hybridized carbons (Fsp3) is 0.348. The monoisotopic (exact) mass is 473 g/mol. The molecule has 0 aliphatic rings. The summed E-state index contributed by atoms with van der Waals surface area (Å²) in [6, 6.07) is 15.2. The van der Waals surface area contributed by atoms with Gasteiger partial charge in [0.15, 0.2) is 5.82 Å².